The second kappa shape index (κ2) is 7.92. The number of hydrogen-bond acceptors (Lipinski definition) is 3. The van der Waals surface area contributed by atoms with Crippen LogP contribution in [-0.4, -0.2) is 20.1 Å². The Labute approximate surface area is 163 Å². The van der Waals surface area contributed by atoms with Crippen LogP contribution in [-0.2, 0) is 14.6 Å². The van der Waals surface area contributed by atoms with E-state index in [0.29, 0.717) is 5.92 Å². The van der Waals surface area contributed by atoms with Crippen molar-refractivity contribution in [1.29, 1.82) is 0 Å². The predicted molar refractivity (Wildman–Crippen MR) is 105 cm³/mol. The molecule has 1 aliphatic carbocycles. The van der Waals surface area contributed by atoms with E-state index in [1.54, 1.807) is 31.2 Å². The lowest BCUT2D eigenvalue weighted by atomic mass is 10.0. The molecule has 6 heteroatoms. The summed E-state index contributed by atoms with van der Waals surface area (Å²) in [5, 5.41) is 3.07. The first-order valence-electron chi connectivity index (χ1n) is 8.70. The van der Waals surface area contributed by atoms with E-state index in [1.807, 2.05) is 30.3 Å². The summed E-state index contributed by atoms with van der Waals surface area (Å²) in [7, 11) is -3.51. The molecule has 1 saturated carbocycles. The first-order valence-corrected chi connectivity index (χ1v) is 11.1. The lowest BCUT2D eigenvalue weighted by Gasteiger charge is -2.21. The maximum Gasteiger partial charge on any atom is 0.224 e. The average Bonchev–Trinajstić information content (AvgIpc) is 3.45. The molecule has 2 atom stereocenters. The van der Waals surface area contributed by atoms with Crippen molar-refractivity contribution >= 4 is 31.7 Å². The van der Waals surface area contributed by atoms with E-state index in [9.17, 15) is 13.2 Å². The number of amides is 1. The van der Waals surface area contributed by atoms with E-state index >= 15 is 0 Å². The van der Waals surface area contributed by atoms with Crippen molar-refractivity contribution < 1.29 is 13.2 Å². The summed E-state index contributed by atoms with van der Waals surface area (Å²) in [6, 6.07) is 16.3. The van der Waals surface area contributed by atoms with Crippen molar-refractivity contribution in [3.8, 4) is 0 Å². The van der Waals surface area contributed by atoms with Gasteiger partial charge in [0.05, 0.1) is 16.7 Å². The molecule has 138 valence electrons. The number of sulfone groups is 1. The summed E-state index contributed by atoms with van der Waals surface area (Å²) in [4.78, 5) is 12.9. The molecule has 1 amide bonds. The Morgan fingerprint density at radius 2 is 1.73 bits per heavy atom. The molecule has 0 spiro atoms. The Hall–Kier alpha value is -1.66. The van der Waals surface area contributed by atoms with Gasteiger partial charge in [-0.3, -0.25) is 4.79 Å². The molecule has 2 aromatic rings. The van der Waals surface area contributed by atoms with Gasteiger partial charge in [-0.05, 0) is 48.6 Å². The number of nitrogens with one attached hydrogen (secondary N) is 1. The number of hydrogen-bond donors (Lipinski definition) is 1. The highest BCUT2D eigenvalue weighted by Gasteiger charge is 2.34. The lowest BCUT2D eigenvalue weighted by Crippen LogP contribution is -2.36. The van der Waals surface area contributed by atoms with E-state index in [2.05, 4.69) is 21.2 Å². The standard InChI is InChI=1S/C20H22BrNO3S/c1-14(13-26(24,25)18-11-9-17(21)10-12-18)20(23)22-19(16-7-8-16)15-5-3-2-4-6-15/h2-6,9-12,14,16,19H,7-8,13H2,1H3,(H,22,23)/t14-,19-/m1/s1. The molecule has 1 N–H and O–H groups in total. The third kappa shape index (κ3) is 4.74. The largest absolute Gasteiger partial charge is 0.349 e. The van der Waals surface area contributed by atoms with Gasteiger partial charge in [0, 0.05) is 10.4 Å². The summed E-state index contributed by atoms with van der Waals surface area (Å²) >= 11 is 3.30. The summed E-state index contributed by atoms with van der Waals surface area (Å²) < 4.78 is 25.9. The summed E-state index contributed by atoms with van der Waals surface area (Å²) in [5.74, 6) is -0.594. The lowest BCUT2D eigenvalue weighted by molar-refractivity contribution is -0.124. The first kappa shape index (κ1) is 19.1. The number of benzene rings is 2. The minimum absolute atomic E-state index is 0.0402. The molecule has 0 aliphatic heterocycles. The number of carbonyl (C=O) groups excluding carboxylic acids is 1. The van der Waals surface area contributed by atoms with Gasteiger partial charge in [-0.2, -0.15) is 0 Å². The topological polar surface area (TPSA) is 63.2 Å². The van der Waals surface area contributed by atoms with Crippen LogP contribution in [0.5, 0.6) is 0 Å². The van der Waals surface area contributed by atoms with Gasteiger partial charge in [0.1, 0.15) is 0 Å². The fourth-order valence-corrected chi connectivity index (χ4v) is 4.82. The number of halogens is 1. The van der Waals surface area contributed by atoms with Gasteiger partial charge in [0.2, 0.25) is 5.91 Å². The van der Waals surface area contributed by atoms with Gasteiger partial charge >= 0.3 is 0 Å². The normalized spacial score (nSPS) is 16.7. The Bertz CT molecular complexity index is 862. The van der Waals surface area contributed by atoms with Gasteiger partial charge in [0.25, 0.3) is 0 Å². The molecule has 3 rings (SSSR count). The van der Waals surface area contributed by atoms with Crippen LogP contribution < -0.4 is 5.32 Å². The van der Waals surface area contributed by atoms with Crippen LogP contribution in [0.15, 0.2) is 64.0 Å². The van der Waals surface area contributed by atoms with Crippen LogP contribution in [0.3, 0.4) is 0 Å². The molecule has 1 fully saturated rings. The highest BCUT2D eigenvalue weighted by molar-refractivity contribution is 9.10. The highest BCUT2D eigenvalue weighted by Crippen LogP contribution is 2.41. The maximum atomic E-state index is 12.6. The van der Waals surface area contributed by atoms with Crippen LogP contribution in [0.1, 0.15) is 31.4 Å². The molecule has 26 heavy (non-hydrogen) atoms. The van der Waals surface area contributed by atoms with Crippen LogP contribution in [0.2, 0.25) is 0 Å². The van der Waals surface area contributed by atoms with Gasteiger partial charge < -0.3 is 5.32 Å². The molecule has 0 aromatic heterocycles. The van der Waals surface area contributed by atoms with Crippen LogP contribution in [0.25, 0.3) is 0 Å². The van der Waals surface area contributed by atoms with Crippen LogP contribution in [0, 0.1) is 11.8 Å². The third-order valence-electron chi connectivity index (χ3n) is 4.64. The van der Waals surface area contributed by atoms with E-state index in [4.69, 9.17) is 0 Å². The SMILES string of the molecule is C[C@H](CS(=O)(=O)c1ccc(Br)cc1)C(=O)N[C@H](c1ccccc1)C1CC1. The zero-order valence-corrected chi connectivity index (χ0v) is 17.0. The number of rotatable bonds is 7. The van der Waals surface area contributed by atoms with Gasteiger partial charge in [-0.1, -0.05) is 53.2 Å². The minimum Gasteiger partial charge on any atom is -0.349 e. The second-order valence-electron chi connectivity index (χ2n) is 6.87. The molecule has 1 aliphatic rings. The van der Waals surface area contributed by atoms with Gasteiger partial charge in [-0.25, -0.2) is 8.42 Å². The second-order valence-corrected chi connectivity index (χ2v) is 9.82. The predicted octanol–water partition coefficient (Wildman–Crippen LogP) is 4.13. The average molecular weight is 436 g/mol. The summed E-state index contributed by atoms with van der Waals surface area (Å²) in [5.41, 5.74) is 1.08. The molecular formula is C20H22BrNO3S. The Morgan fingerprint density at radius 1 is 1.12 bits per heavy atom. The Kier molecular flexibility index (Phi) is 5.82. The fourth-order valence-electron chi connectivity index (χ4n) is 3.00. The monoisotopic (exact) mass is 435 g/mol. The minimum atomic E-state index is -3.51. The molecule has 0 bridgehead atoms. The van der Waals surface area contributed by atoms with Gasteiger partial charge in [-0.15, -0.1) is 0 Å². The maximum absolute atomic E-state index is 12.6. The van der Waals surface area contributed by atoms with Crippen molar-refractivity contribution in [2.24, 2.45) is 11.8 Å². The van der Waals surface area contributed by atoms with Gasteiger partial charge in [0.15, 0.2) is 9.84 Å². The highest BCUT2D eigenvalue weighted by atomic mass is 79.9. The van der Waals surface area contributed by atoms with Crippen molar-refractivity contribution in [3.63, 3.8) is 0 Å². The fraction of sp³-hybridized carbons (Fsp3) is 0.350. The van der Waals surface area contributed by atoms with E-state index in [0.717, 1.165) is 22.9 Å². The van der Waals surface area contributed by atoms with Crippen molar-refractivity contribution in [3.05, 3.63) is 64.6 Å². The molecule has 0 radical (unpaired) electrons. The smallest absolute Gasteiger partial charge is 0.224 e. The van der Waals surface area contributed by atoms with E-state index in [1.165, 1.54) is 0 Å². The van der Waals surface area contributed by atoms with Crippen molar-refractivity contribution in [2.75, 3.05) is 5.75 Å². The van der Waals surface area contributed by atoms with Crippen LogP contribution >= 0.6 is 15.9 Å². The van der Waals surface area contributed by atoms with Crippen molar-refractivity contribution in [1.82, 2.24) is 5.32 Å². The zero-order valence-electron chi connectivity index (χ0n) is 14.6. The number of carbonyl (C=O) groups is 1. The first-order chi connectivity index (χ1) is 12.4. The van der Waals surface area contributed by atoms with E-state index < -0.39 is 15.8 Å². The summed E-state index contributed by atoms with van der Waals surface area (Å²) in [6.45, 7) is 1.67. The molecule has 0 unspecified atom stereocenters. The zero-order chi connectivity index (χ0) is 18.7. The molecule has 0 saturated heterocycles. The molecular weight excluding hydrogens is 414 g/mol. The molecule has 4 nitrogen and oxygen atoms in total. The Balaban J connectivity index is 1.68. The van der Waals surface area contributed by atoms with E-state index in [-0.39, 0.29) is 22.6 Å². The Morgan fingerprint density at radius 3 is 2.31 bits per heavy atom. The van der Waals surface area contributed by atoms with Crippen molar-refractivity contribution in [2.45, 2.75) is 30.7 Å². The summed E-state index contributed by atoms with van der Waals surface area (Å²) in [6.07, 6.45) is 2.18. The third-order valence-corrected chi connectivity index (χ3v) is 7.10. The van der Waals surface area contributed by atoms with Crippen LogP contribution in [0.4, 0.5) is 0 Å². The molecule has 2 aromatic carbocycles. The quantitative estimate of drug-likeness (QED) is 0.710. The molecule has 0 heterocycles.